The lowest BCUT2D eigenvalue weighted by molar-refractivity contribution is -0.145. The monoisotopic (exact) mass is 344 g/mol. The Kier molecular flexibility index (Phi) is 4.71. The van der Waals surface area contributed by atoms with Crippen molar-refractivity contribution in [2.24, 2.45) is 7.05 Å². The van der Waals surface area contributed by atoms with Gasteiger partial charge in [0, 0.05) is 24.2 Å². The molecular weight excluding hydrogens is 328 g/mol. The first-order valence-electron chi connectivity index (χ1n) is 7.61. The van der Waals surface area contributed by atoms with Crippen molar-refractivity contribution in [3.05, 3.63) is 69.6 Å². The third-order valence-corrected chi connectivity index (χ3v) is 4.31. The zero-order valence-corrected chi connectivity index (χ0v) is 14.0. The standard InChI is InChI=1S/C18H17ClN2O3/c1-20-15-8-4-5-9-16(15)21(18(20)23)11-10-17(22)24-12-13-6-2-3-7-14(13)19/h2-9H,10-12H2,1H3. The molecule has 0 saturated heterocycles. The number of hydrogen-bond acceptors (Lipinski definition) is 3. The van der Waals surface area contributed by atoms with Crippen molar-refractivity contribution in [1.82, 2.24) is 9.13 Å². The average molecular weight is 345 g/mol. The van der Waals surface area contributed by atoms with Crippen molar-refractivity contribution < 1.29 is 9.53 Å². The number of aryl methyl sites for hydroxylation is 2. The van der Waals surface area contributed by atoms with E-state index in [-0.39, 0.29) is 31.2 Å². The number of imidazole rings is 1. The molecule has 1 heterocycles. The number of aromatic nitrogens is 2. The number of nitrogens with zero attached hydrogens (tertiary/aromatic N) is 2. The van der Waals surface area contributed by atoms with Crippen LogP contribution in [0.2, 0.25) is 5.02 Å². The molecule has 0 spiro atoms. The fourth-order valence-corrected chi connectivity index (χ4v) is 2.82. The van der Waals surface area contributed by atoms with Gasteiger partial charge in [0.15, 0.2) is 0 Å². The molecule has 0 N–H and O–H groups in total. The predicted molar refractivity (Wildman–Crippen MR) is 93.0 cm³/mol. The van der Waals surface area contributed by atoms with Gasteiger partial charge < -0.3 is 4.74 Å². The van der Waals surface area contributed by atoms with Gasteiger partial charge in [-0.05, 0) is 18.2 Å². The predicted octanol–water partition coefficient (Wildman–Crippen LogP) is 3.13. The van der Waals surface area contributed by atoms with Crippen LogP contribution < -0.4 is 5.69 Å². The summed E-state index contributed by atoms with van der Waals surface area (Å²) in [6.45, 7) is 0.407. The number of ether oxygens (including phenoxy) is 1. The number of esters is 1. The van der Waals surface area contributed by atoms with Gasteiger partial charge in [-0.25, -0.2) is 4.79 Å². The smallest absolute Gasteiger partial charge is 0.328 e. The van der Waals surface area contributed by atoms with Crippen LogP contribution in [0, 0.1) is 0 Å². The molecule has 0 radical (unpaired) electrons. The van der Waals surface area contributed by atoms with Crippen molar-refractivity contribution in [1.29, 1.82) is 0 Å². The lowest BCUT2D eigenvalue weighted by atomic mass is 10.2. The first kappa shape index (κ1) is 16.3. The minimum absolute atomic E-state index is 0.123. The number of carbonyl (C=O) groups excluding carboxylic acids is 1. The Labute approximate surface area is 144 Å². The van der Waals surface area contributed by atoms with Gasteiger partial charge in [0.25, 0.3) is 0 Å². The Morgan fingerprint density at radius 1 is 1.08 bits per heavy atom. The Morgan fingerprint density at radius 3 is 2.50 bits per heavy atom. The second-order valence-electron chi connectivity index (χ2n) is 5.48. The summed E-state index contributed by atoms with van der Waals surface area (Å²) in [5.41, 5.74) is 2.26. The molecule has 3 rings (SSSR count). The molecule has 6 heteroatoms. The van der Waals surface area contributed by atoms with E-state index in [1.807, 2.05) is 42.5 Å². The van der Waals surface area contributed by atoms with E-state index >= 15 is 0 Å². The molecule has 1 aromatic heterocycles. The molecule has 0 unspecified atom stereocenters. The minimum atomic E-state index is -0.366. The SMILES string of the molecule is Cn1c(=O)n(CCC(=O)OCc2ccccc2Cl)c2ccccc21. The van der Waals surface area contributed by atoms with Crippen LogP contribution in [0.5, 0.6) is 0 Å². The lowest BCUT2D eigenvalue weighted by Crippen LogP contribution is -2.23. The number of hydrogen-bond donors (Lipinski definition) is 0. The highest BCUT2D eigenvalue weighted by molar-refractivity contribution is 6.31. The lowest BCUT2D eigenvalue weighted by Gasteiger charge is -2.07. The molecule has 0 aliphatic carbocycles. The summed E-state index contributed by atoms with van der Waals surface area (Å²) < 4.78 is 8.41. The summed E-state index contributed by atoms with van der Waals surface area (Å²) in [7, 11) is 1.72. The second-order valence-corrected chi connectivity index (χ2v) is 5.89. The first-order chi connectivity index (χ1) is 11.6. The maximum Gasteiger partial charge on any atom is 0.328 e. The molecule has 0 aliphatic rings. The molecule has 0 aliphatic heterocycles. The van der Waals surface area contributed by atoms with Crippen LogP contribution in [-0.4, -0.2) is 15.1 Å². The summed E-state index contributed by atoms with van der Waals surface area (Å²) in [6, 6.07) is 14.7. The van der Waals surface area contributed by atoms with Crippen LogP contribution in [0.1, 0.15) is 12.0 Å². The molecule has 3 aromatic rings. The Hall–Kier alpha value is -2.53. The fraction of sp³-hybridized carbons (Fsp3) is 0.222. The zero-order valence-electron chi connectivity index (χ0n) is 13.2. The third kappa shape index (κ3) is 3.21. The highest BCUT2D eigenvalue weighted by Crippen LogP contribution is 2.16. The number of benzene rings is 2. The molecular formula is C18H17ClN2O3. The van der Waals surface area contributed by atoms with Crippen molar-refractivity contribution in [3.8, 4) is 0 Å². The van der Waals surface area contributed by atoms with Crippen molar-refractivity contribution in [2.45, 2.75) is 19.6 Å². The number of carbonyl (C=O) groups is 1. The molecule has 0 saturated carbocycles. The quantitative estimate of drug-likeness (QED) is 0.668. The number of para-hydroxylation sites is 2. The second kappa shape index (κ2) is 6.93. The Bertz CT molecular complexity index is 943. The highest BCUT2D eigenvalue weighted by atomic mass is 35.5. The molecule has 5 nitrogen and oxygen atoms in total. The molecule has 2 aromatic carbocycles. The largest absolute Gasteiger partial charge is 0.461 e. The van der Waals surface area contributed by atoms with E-state index < -0.39 is 0 Å². The van der Waals surface area contributed by atoms with Crippen LogP contribution >= 0.6 is 11.6 Å². The van der Waals surface area contributed by atoms with Crippen LogP contribution in [0.4, 0.5) is 0 Å². The van der Waals surface area contributed by atoms with Crippen molar-refractivity contribution in [2.75, 3.05) is 0 Å². The molecule has 124 valence electrons. The molecule has 24 heavy (non-hydrogen) atoms. The summed E-state index contributed by atoms with van der Waals surface area (Å²) >= 11 is 6.03. The minimum Gasteiger partial charge on any atom is -0.461 e. The average Bonchev–Trinajstić information content (AvgIpc) is 2.84. The van der Waals surface area contributed by atoms with Gasteiger partial charge in [-0.3, -0.25) is 13.9 Å². The van der Waals surface area contributed by atoms with Gasteiger partial charge in [0.2, 0.25) is 0 Å². The Morgan fingerprint density at radius 2 is 1.75 bits per heavy atom. The van der Waals surface area contributed by atoms with E-state index in [1.165, 1.54) is 0 Å². The van der Waals surface area contributed by atoms with Crippen LogP contribution in [-0.2, 0) is 29.7 Å². The van der Waals surface area contributed by atoms with E-state index in [9.17, 15) is 9.59 Å². The van der Waals surface area contributed by atoms with Gasteiger partial charge in [-0.1, -0.05) is 41.9 Å². The van der Waals surface area contributed by atoms with Crippen LogP contribution in [0.3, 0.4) is 0 Å². The van der Waals surface area contributed by atoms with Crippen molar-refractivity contribution >= 4 is 28.6 Å². The summed E-state index contributed by atoms with van der Waals surface area (Å²) in [4.78, 5) is 24.2. The van der Waals surface area contributed by atoms with Gasteiger partial charge >= 0.3 is 11.7 Å². The first-order valence-corrected chi connectivity index (χ1v) is 7.99. The zero-order chi connectivity index (χ0) is 17.1. The third-order valence-electron chi connectivity index (χ3n) is 3.94. The Balaban J connectivity index is 1.66. The summed E-state index contributed by atoms with van der Waals surface area (Å²) in [5.74, 6) is -0.366. The van der Waals surface area contributed by atoms with E-state index in [0.29, 0.717) is 5.02 Å². The van der Waals surface area contributed by atoms with Gasteiger partial charge in [-0.15, -0.1) is 0 Å². The van der Waals surface area contributed by atoms with E-state index in [0.717, 1.165) is 16.6 Å². The van der Waals surface area contributed by atoms with Crippen molar-refractivity contribution in [3.63, 3.8) is 0 Å². The molecule has 0 atom stereocenters. The molecule has 0 fully saturated rings. The molecule has 0 bridgehead atoms. The van der Waals surface area contributed by atoms with Gasteiger partial charge in [0.05, 0.1) is 17.5 Å². The van der Waals surface area contributed by atoms with E-state index in [4.69, 9.17) is 16.3 Å². The van der Waals surface area contributed by atoms with E-state index in [1.54, 1.807) is 22.2 Å². The van der Waals surface area contributed by atoms with Crippen LogP contribution in [0.15, 0.2) is 53.3 Å². The fourth-order valence-electron chi connectivity index (χ4n) is 2.63. The maximum absolute atomic E-state index is 12.3. The van der Waals surface area contributed by atoms with Crippen LogP contribution in [0.25, 0.3) is 11.0 Å². The topological polar surface area (TPSA) is 53.2 Å². The van der Waals surface area contributed by atoms with Gasteiger partial charge in [-0.2, -0.15) is 0 Å². The maximum atomic E-state index is 12.3. The number of fused-ring (bicyclic) bond motifs is 1. The summed E-state index contributed by atoms with van der Waals surface area (Å²) in [5, 5.41) is 0.565. The number of rotatable bonds is 5. The normalized spacial score (nSPS) is 10.9. The molecule has 0 amide bonds. The van der Waals surface area contributed by atoms with Gasteiger partial charge in [0.1, 0.15) is 6.61 Å². The number of halogens is 1. The highest BCUT2D eigenvalue weighted by Gasteiger charge is 2.12. The van der Waals surface area contributed by atoms with E-state index in [2.05, 4.69) is 0 Å². The summed E-state index contributed by atoms with van der Waals surface area (Å²) in [6.07, 6.45) is 0.123.